The number of amides is 1. The van der Waals surface area contributed by atoms with Crippen molar-refractivity contribution in [1.29, 1.82) is 0 Å². The van der Waals surface area contributed by atoms with E-state index in [1.165, 1.54) is 12.8 Å². The summed E-state index contributed by atoms with van der Waals surface area (Å²) in [5.74, 6) is 0.962. The highest BCUT2D eigenvalue weighted by Crippen LogP contribution is 2.38. The lowest BCUT2D eigenvalue weighted by molar-refractivity contribution is 0.102. The summed E-state index contributed by atoms with van der Waals surface area (Å²) in [6.45, 7) is 0. The number of anilines is 1. The Hall–Kier alpha value is -2.43. The first-order chi connectivity index (χ1) is 9.76. The zero-order valence-corrected chi connectivity index (χ0v) is 11.2. The average Bonchev–Trinajstić information content (AvgIpc) is 3.32. The van der Waals surface area contributed by atoms with E-state index < -0.39 is 0 Å². The Morgan fingerprint density at radius 1 is 1.25 bits per heavy atom. The fourth-order valence-electron chi connectivity index (χ4n) is 1.96. The van der Waals surface area contributed by atoms with Crippen molar-refractivity contribution in [3.05, 3.63) is 47.8 Å². The van der Waals surface area contributed by atoms with Crippen LogP contribution in [0.2, 0.25) is 0 Å². The lowest BCUT2D eigenvalue weighted by Crippen LogP contribution is -2.14. The summed E-state index contributed by atoms with van der Waals surface area (Å²) in [5, 5.41) is 10.9. The van der Waals surface area contributed by atoms with Gasteiger partial charge in [-0.05, 0) is 37.1 Å². The molecule has 1 fully saturated rings. The number of hydrogen-bond donors (Lipinski definition) is 1. The molecule has 1 saturated carbocycles. The second-order valence-corrected chi connectivity index (χ2v) is 4.80. The second kappa shape index (κ2) is 5.28. The number of aromatic nitrogens is 2. The van der Waals surface area contributed by atoms with Gasteiger partial charge in [-0.1, -0.05) is 6.07 Å². The maximum absolute atomic E-state index is 12.1. The number of carbonyl (C=O) groups excluding carboxylic acids is 1. The first kappa shape index (κ1) is 12.6. The molecule has 5 heteroatoms. The molecule has 3 rings (SSSR count). The van der Waals surface area contributed by atoms with Gasteiger partial charge in [0.25, 0.3) is 5.91 Å². The molecule has 5 nitrogen and oxygen atoms in total. The van der Waals surface area contributed by atoms with Crippen LogP contribution in [0.4, 0.5) is 5.69 Å². The molecule has 20 heavy (non-hydrogen) atoms. The third-order valence-corrected chi connectivity index (χ3v) is 3.24. The molecule has 1 aromatic carbocycles. The fraction of sp³-hybridized carbons (Fsp3) is 0.267. The van der Waals surface area contributed by atoms with Gasteiger partial charge in [0.2, 0.25) is 0 Å². The molecule has 0 saturated heterocycles. The van der Waals surface area contributed by atoms with Gasteiger partial charge < -0.3 is 10.1 Å². The van der Waals surface area contributed by atoms with E-state index >= 15 is 0 Å². The van der Waals surface area contributed by atoms with E-state index in [0.29, 0.717) is 23.0 Å². The van der Waals surface area contributed by atoms with Crippen LogP contribution in [0.15, 0.2) is 36.4 Å². The molecular formula is C15H15N3O2. The molecule has 1 heterocycles. The van der Waals surface area contributed by atoms with E-state index in [2.05, 4.69) is 15.5 Å². The van der Waals surface area contributed by atoms with Crippen molar-refractivity contribution in [1.82, 2.24) is 10.2 Å². The Morgan fingerprint density at radius 3 is 2.75 bits per heavy atom. The van der Waals surface area contributed by atoms with Gasteiger partial charge in [-0.3, -0.25) is 4.79 Å². The van der Waals surface area contributed by atoms with Crippen LogP contribution in [0, 0.1) is 0 Å². The highest BCUT2D eigenvalue weighted by molar-refractivity contribution is 6.02. The fourth-order valence-corrected chi connectivity index (χ4v) is 1.96. The van der Waals surface area contributed by atoms with Gasteiger partial charge in [-0.15, -0.1) is 5.10 Å². The van der Waals surface area contributed by atoms with E-state index in [-0.39, 0.29) is 5.91 Å². The van der Waals surface area contributed by atoms with Crippen LogP contribution in [0.25, 0.3) is 0 Å². The average molecular weight is 269 g/mol. The van der Waals surface area contributed by atoms with E-state index in [9.17, 15) is 4.79 Å². The van der Waals surface area contributed by atoms with Crippen LogP contribution in [0.5, 0.6) is 5.75 Å². The minimum Gasteiger partial charge on any atom is -0.497 e. The Kier molecular flexibility index (Phi) is 3.33. The number of hydrogen-bond acceptors (Lipinski definition) is 4. The molecule has 0 aliphatic heterocycles. The zero-order valence-electron chi connectivity index (χ0n) is 11.2. The molecule has 0 atom stereocenters. The van der Waals surface area contributed by atoms with Gasteiger partial charge in [0.1, 0.15) is 5.75 Å². The van der Waals surface area contributed by atoms with Crippen molar-refractivity contribution >= 4 is 11.6 Å². The van der Waals surface area contributed by atoms with E-state index in [4.69, 9.17) is 4.74 Å². The summed E-state index contributed by atoms with van der Waals surface area (Å²) in [6.07, 6.45) is 2.34. The maximum atomic E-state index is 12.1. The van der Waals surface area contributed by atoms with Crippen molar-refractivity contribution in [2.75, 3.05) is 12.4 Å². The summed E-state index contributed by atoms with van der Waals surface area (Å²) in [5.41, 5.74) is 1.96. The quantitative estimate of drug-likeness (QED) is 0.926. The van der Waals surface area contributed by atoms with Crippen molar-refractivity contribution < 1.29 is 9.53 Å². The predicted octanol–water partition coefficient (Wildman–Crippen LogP) is 2.61. The number of methoxy groups -OCH3 is 1. The van der Waals surface area contributed by atoms with Crippen LogP contribution in [-0.4, -0.2) is 23.2 Å². The van der Waals surface area contributed by atoms with Crippen molar-refractivity contribution in [3.63, 3.8) is 0 Å². The molecule has 0 unspecified atom stereocenters. The molecule has 1 aliphatic rings. The first-order valence-corrected chi connectivity index (χ1v) is 6.55. The van der Waals surface area contributed by atoms with Gasteiger partial charge >= 0.3 is 0 Å². The van der Waals surface area contributed by atoms with Gasteiger partial charge in [0.15, 0.2) is 5.69 Å². The van der Waals surface area contributed by atoms with Crippen LogP contribution < -0.4 is 10.1 Å². The molecule has 1 aliphatic carbocycles. The summed E-state index contributed by atoms with van der Waals surface area (Å²) in [7, 11) is 1.59. The predicted molar refractivity (Wildman–Crippen MR) is 75.0 cm³/mol. The van der Waals surface area contributed by atoms with Crippen molar-refractivity contribution in [3.8, 4) is 5.75 Å². The minimum atomic E-state index is -0.270. The number of carbonyl (C=O) groups is 1. The largest absolute Gasteiger partial charge is 0.497 e. The molecule has 102 valence electrons. The van der Waals surface area contributed by atoms with Crippen LogP contribution in [0.3, 0.4) is 0 Å². The molecule has 1 N–H and O–H groups in total. The number of ether oxygens (including phenoxy) is 1. The standard InChI is InChI=1S/C15H15N3O2/c1-20-12-4-2-3-11(9-12)16-15(19)14-8-7-13(17-18-14)10-5-6-10/h2-4,7-10H,5-6H2,1H3,(H,16,19). The molecule has 1 amide bonds. The zero-order chi connectivity index (χ0) is 13.9. The van der Waals surface area contributed by atoms with E-state index in [0.717, 1.165) is 5.69 Å². The highest BCUT2D eigenvalue weighted by Gasteiger charge is 2.25. The summed E-state index contributed by atoms with van der Waals surface area (Å²) in [4.78, 5) is 12.1. The third-order valence-electron chi connectivity index (χ3n) is 3.24. The summed E-state index contributed by atoms with van der Waals surface area (Å²) >= 11 is 0. The lowest BCUT2D eigenvalue weighted by atomic mass is 10.2. The van der Waals surface area contributed by atoms with E-state index in [1.54, 1.807) is 25.3 Å². The normalized spacial score (nSPS) is 13.8. The highest BCUT2D eigenvalue weighted by atomic mass is 16.5. The number of rotatable bonds is 4. The van der Waals surface area contributed by atoms with Crippen LogP contribution >= 0.6 is 0 Å². The molecule has 0 spiro atoms. The summed E-state index contributed by atoms with van der Waals surface area (Å²) in [6, 6.07) is 10.8. The molecular weight excluding hydrogens is 254 g/mol. The SMILES string of the molecule is COc1cccc(NC(=O)c2ccc(C3CC3)nn2)c1. The molecule has 2 aromatic rings. The number of nitrogens with one attached hydrogen (secondary N) is 1. The van der Waals surface area contributed by atoms with Gasteiger partial charge in [0.05, 0.1) is 12.8 Å². The van der Waals surface area contributed by atoms with E-state index in [1.807, 2.05) is 18.2 Å². The van der Waals surface area contributed by atoms with Crippen LogP contribution in [-0.2, 0) is 0 Å². The monoisotopic (exact) mass is 269 g/mol. The summed E-state index contributed by atoms with van der Waals surface area (Å²) < 4.78 is 5.11. The second-order valence-electron chi connectivity index (χ2n) is 4.80. The van der Waals surface area contributed by atoms with Gasteiger partial charge in [0, 0.05) is 17.7 Å². The smallest absolute Gasteiger partial charge is 0.276 e. The molecule has 0 radical (unpaired) electrons. The Morgan fingerprint density at radius 2 is 2.10 bits per heavy atom. The van der Waals surface area contributed by atoms with Crippen molar-refractivity contribution in [2.45, 2.75) is 18.8 Å². The van der Waals surface area contributed by atoms with Crippen LogP contribution in [0.1, 0.15) is 34.9 Å². The number of benzene rings is 1. The van der Waals surface area contributed by atoms with Crippen molar-refractivity contribution in [2.24, 2.45) is 0 Å². The maximum Gasteiger partial charge on any atom is 0.276 e. The number of nitrogens with zero attached hydrogens (tertiary/aromatic N) is 2. The lowest BCUT2D eigenvalue weighted by Gasteiger charge is -2.06. The minimum absolute atomic E-state index is 0.270. The Bertz CT molecular complexity index is 621. The third kappa shape index (κ3) is 2.77. The van der Waals surface area contributed by atoms with Gasteiger partial charge in [-0.25, -0.2) is 0 Å². The Labute approximate surface area is 117 Å². The Balaban J connectivity index is 1.71. The topological polar surface area (TPSA) is 64.1 Å². The molecule has 0 bridgehead atoms. The first-order valence-electron chi connectivity index (χ1n) is 6.55. The molecule has 1 aromatic heterocycles. The van der Waals surface area contributed by atoms with Gasteiger partial charge in [-0.2, -0.15) is 5.10 Å².